The van der Waals surface area contributed by atoms with Crippen molar-refractivity contribution in [1.29, 1.82) is 0 Å². The van der Waals surface area contributed by atoms with Gasteiger partial charge in [-0.3, -0.25) is 9.59 Å². The van der Waals surface area contributed by atoms with Gasteiger partial charge < -0.3 is 20.3 Å². The maximum Gasteiger partial charge on any atom is 0.338 e. The van der Waals surface area contributed by atoms with E-state index in [1.54, 1.807) is 24.9 Å². The first-order chi connectivity index (χ1) is 16.4. The Morgan fingerprint density at radius 1 is 1.06 bits per heavy atom. The lowest BCUT2D eigenvalue weighted by Gasteiger charge is -2.27. The molecule has 184 valence electrons. The highest BCUT2D eigenvalue weighted by molar-refractivity contribution is 6.06. The Labute approximate surface area is 211 Å². The number of benzene rings is 3. The molecule has 8 heteroatoms. The third kappa shape index (κ3) is 5.31. The number of nitrogens with one attached hydrogen (secondary N) is 2. The first kappa shape index (κ1) is 26.2. The lowest BCUT2D eigenvalue weighted by atomic mass is 9.99. The van der Waals surface area contributed by atoms with E-state index in [4.69, 9.17) is 4.74 Å². The average molecular weight is 496 g/mol. The number of carbonyl (C=O) groups is 3. The van der Waals surface area contributed by atoms with Gasteiger partial charge in [-0.2, -0.15) is 0 Å². The molecule has 1 aliphatic rings. The minimum atomic E-state index is -0.628. The molecular weight excluding hydrogens is 466 g/mol. The zero-order valence-corrected chi connectivity index (χ0v) is 20.9. The number of para-hydroxylation sites is 1. The number of carbonyl (C=O) groups excluding carboxylic acids is 3. The third-order valence-electron chi connectivity index (χ3n) is 6.44. The summed E-state index contributed by atoms with van der Waals surface area (Å²) in [7, 11) is 3.08. The molecule has 0 aliphatic carbocycles. The van der Waals surface area contributed by atoms with Crippen LogP contribution in [0, 0.1) is 0 Å². The predicted octanol–water partition coefficient (Wildman–Crippen LogP) is 3.62. The molecule has 2 unspecified atom stereocenters. The van der Waals surface area contributed by atoms with Crippen LogP contribution >= 0.6 is 12.4 Å². The van der Waals surface area contributed by atoms with Crippen molar-refractivity contribution in [3.05, 3.63) is 77.4 Å². The molecule has 2 amide bonds. The molecule has 0 fully saturated rings. The molecule has 7 nitrogen and oxygen atoms in total. The van der Waals surface area contributed by atoms with E-state index >= 15 is 0 Å². The molecule has 0 aromatic heterocycles. The van der Waals surface area contributed by atoms with Crippen LogP contribution in [0.3, 0.4) is 0 Å². The largest absolute Gasteiger partial charge is 0.465 e. The van der Waals surface area contributed by atoms with Crippen LogP contribution in [0.2, 0.25) is 0 Å². The standard InChI is InChI=1S/C27H29N3O4.ClH/c1-17(28-2)25(31)29-23-15-14-18-8-4-5-13-24(18)30(26(23)32)16-19-9-6-11-21-20(19)10-7-12-22(21)27(33)34-3;/h4-13,17,23,28H,14-16H2,1-3H3,(H,29,31);1H. The summed E-state index contributed by atoms with van der Waals surface area (Å²) in [6.07, 6.45) is 1.20. The summed E-state index contributed by atoms with van der Waals surface area (Å²) in [5.41, 5.74) is 3.29. The van der Waals surface area contributed by atoms with Gasteiger partial charge in [0, 0.05) is 5.69 Å². The van der Waals surface area contributed by atoms with Crippen molar-refractivity contribution in [2.45, 2.75) is 38.4 Å². The van der Waals surface area contributed by atoms with Crippen molar-refractivity contribution >= 4 is 46.7 Å². The lowest BCUT2D eigenvalue weighted by Crippen LogP contribution is -2.52. The quantitative estimate of drug-likeness (QED) is 0.510. The van der Waals surface area contributed by atoms with E-state index in [0.29, 0.717) is 24.9 Å². The van der Waals surface area contributed by atoms with Crippen LogP contribution in [-0.2, 0) is 27.3 Å². The Hall–Kier alpha value is -3.42. The number of ether oxygens (including phenoxy) is 1. The second-order valence-corrected chi connectivity index (χ2v) is 8.47. The Morgan fingerprint density at radius 2 is 1.77 bits per heavy atom. The van der Waals surface area contributed by atoms with E-state index < -0.39 is 18.1 Å². The number of anilines is 1. The van der Waals surface area contributed by atoms with E-state index in [-0.39, 0.29) is 24.2 Å². The Balaban J connectivity index is 0.00000342. The normalized spacial score (nSPS) is 16.0. The molecule has 1 heterocycles. The monoisotopic (exact) mass is 495 g/mol. The fraction of sp³-hybridized carbons (Fsp3) is 0.296. The average Bonchev–Trinajstić information content (AvgIpc) is 2.99. The van der Waals surface area contributed by atoms with Gasteiger partial charge >= 0.3 is 5.97 Å². The SMILES string of the molecule is CNC(C)C(=O)NC1CCc2ccccc2N(Cc2cccc3c(C(=O)OC)cccc23)C1=O.Cl. The van der Waals surface area contributed by atoms with Crippen molar-refractivity contribution in [2.24, 2.45) is 0 Å². The number of amides is 2. The van der Waals surface area contributed by atoms with Crippen molar-refractivity contribution in [1.82, 2.24) is 10.6 Å². The Kier molecular flexibility index (Phi) is 8.48. The number of halogens is 1. The van der Waals surface area contributed by atoms with E-state index in [9.17, 15) is 14.4 Å². The molecule has 3 aromatic carbocycles. The third-order valence-corrected chi connectivity index (χ3v) is 6.44. The maximum absolute atomic E-state index is 13.7. The van der Waals surface area contributed by atoms with Crippen LogP contribution in [-0.4, -0.2) is 44.0 Å². The molecule has 0 saturated carbocycles. The van der Waals surface area contributed by atoms with Crippen molar-refractivity contribution in [3.63, 3.8) is 0 Å². The van der Waals surface area contributed by atoms with Crippen LogP contribution in [0.1, 0.15) is 34.8 Å². The summed E-state index contributed by atoms with van der Waals surface area (Å²) < 4.78 is 4.95. The number of esters is 1. The fourth-order valence-corrected chi connectivity index (χ4v) is 4.41. The summed E-state index contributed by atoms with van der Waals surface area (Å²) in [5.74, 6) is -0.761. The molecule has 4 rings (SSSR count). The summed E-state index contributed by atoms with van der Waals surface area (Å²) in [4.78, 5) is 40.3. The fourth-order valence-electron chi connectivity index (χ4n) is 4.41. The van der Waals surface area contributed by atoms with E-state index in [1.807, 2.05) is 54.6 Å². The van der Waals surface area contributed by atoms with Crippen LogP contribution in [0.5, 0.6) is 0 Å². The molecule has 35 heavy (non-hydrogen) atoms. The number of fused-ring (bicyclic) bond motifs is 2. The minimum Gasteiger partial charge on any atom is -0.465 e. The topological polar surface area (TPSA) is 87.7 Å². The second kappa shape index (κ2) is 11.3. The second-order valence-electron chi connectivity index (χ2n) is 8.47. The molecule has 2 N–H and O–H groups in total. The highest BCUT2D eigenvalue weighted by Crippen LogP contribution is 2.31. The molecule has 1 aliphatic heterocycles. The molecule has 2 atom stereocenters. The molecule has 0 spiro atoms. The van der Waals surface area contributed by atoms with Gasteiger partial charge in [-0.25, -0.2) is 4.79 Å². The van der Waals surface area contributed by atoms with Gasteiger partial charge in [-0.1, -0.05) is 48.5 Å². The van der Waals surface area contributed by atoms with E-state index in [1.165, 1.54) is 7.11 Å². The summed E-state index contributed by atoms with van der Waals surface area (Å²) >= 11 is 0. The number of hydrogen-bond acceptors (Lipinski definition) is 5. The molecular formula is C27H30ClN3O4. The number of methoxy groups -OCH3 is 1. The molecule has 0 saturated heterocycles. The van der Waals surface area contributed by atoms with Gasteiger partial charge in [0.1, 0.15) is 6.04 Å². The maximum atomic E-state index is 13.7. The predicted molar refractivity (Wildman–Crippen MR) is 139 cm³/mol. The molecule has 0 radical (unpaired) electrons. The van der Waals surface area contributed by atoms with Crippen molar-refractivity contribution in [3.8, 4) is 0 Å². The van der Waals surface area contributed by atoms with Gasteiger partial charge in [-0.15, -0.1) is 12.4 Å². The minimum absolute atomic E-state index is 0. The van der Waals surface area contributed by atoms with Crippen LogP contribution < -0.4 is 15.5 Å². The summed E-state index contributed by atoms with van der Waals surface area (Å²) in [6.45, 7) is 2.07. The number of aryl methyl sites for hydroxylation is 1. The van der Waals surface area contributed by atoms with Gasteiger partial charge in [0.05, 0.1) is 25.3 Å². The van der Waals surface area contributed by atoms with Crippen LogP contribution in [0.15, 0.2) is 60.7 Å². The van der Waals surface area contributed by atoms with Gasteiger partial charge in [0.2, 0.25) is 11.8 Å². The summed E-state index contributed by atoms with van der Waals surface area (Å²) in [6, 6.07) is 18.0. The first-order valence-corrected chi connectivity index (χ1v) is 11.4. The number of hydrogen-bond donors (Lipinski definition) is 2. The Bertz CT molecular complexity index is 1250. The number of likely N-dealkylation sites (N-methyl/N-ethyl adjacent to an activating group) is 1. The zero-order valence-electron chi connectivity index (χ0n) is 20.0. The van der Waals surface area contributed by atoms with Gasteiger partial charge in [0.25, 0.3) is 0 Å². The van der Waals surface area contributed by atoms with E-state index in [0.717, 1.165) is 27.6 Å². The molecule has 0 bridgehead atoms. The number of rotatable bonds is 6. The number of nitrogens with zero attached hydrogens (tertiary/aromatic N) is 1. The van der Waals surface area contributed by atoms with Crippen LogP contribution in [0.25, 0.3) is 10.8 Å². The van der Waals surface area contributed by atoms with Gasteiger partial charge in [0.15, 0.2) is 0 Å². The summed E-state index contributed by atoms with van der Waals surface area (Å²) in [5, 5.41) is 7.49. The molecule has 3 aromatic rings. The van der Waals surface area contributed by atoms with Crippen LogP contribution in [0.4, 0.5) is 5.69 Å². The van der Waals surface area contributed by atoms with E-state index in [2.05, 4.69) is 10.6 Å². The lowest BCUT2D eigenvalue weighted by molar-refractivity contribution is -0.128. The van der Waals surface area contributed by atoms with Crippen molar-refractivity contribution < 1.29 is 19.1 Å². The smallest absolute Gasteiger partial charge is 0.338 e. The highest BCUT2D eigenvalue weighted by atomic mass is 35.5. The van der Waals surface area contributed by atoms with Crippen molar-refractivity contribution in [2.75, 3.05) is 19.1 Å². The first-order valence-electron chi connectivity index (χ1n) is 11.4. The highest BCUT2D eigenvalue weighted by Gasteiger charge is 2.32. The zero-order chi connectivity index (χ0) is 24.2. The Morgan fingerprint density at radius 3 is 2.51 bits per heavy atom. The van der Waals surface area contributed by atoms with Gasteiger partial charge in [-0.05, 0) is 60.8 Å².